The van der Waals surface area contributed by atoms with Crippen molar-refractivity contribution in [2.24, 2.45) is 0 Å². The van der Waals surface area contributed by atoms with Crippen LogP contribution in [-0.2, 0) is 5.60 Å². The molecule has 5 heteroatoms. The van der Waals surface area contributed by atoms with Crippen LogP contribution in [0.1, 0.15) is 43.9 Å². The first-order valence-electron chi connectivity index (χ1n) is 8.30. The Hall–Kier alpha value is -1.59. The van der Waals surface area contributed by atoms with Crippen LogP contribution >= 0.6 is 11.3 Å². The molecule has 3 N–H and O–H groups in total. The van der Waals surface area contributed by atoms with Gasteiger partial charge in [-0.05, 0) is 37.3 Å². The van der Waals surface area contributed by atoms with E-state index in [1.165, 1.54) is 19.3 Å². The third kappa shape index (κ3) is 4.03. The third-order valence-electron chi connectivity index (χ3n) is 4.49. The smallest absolute Gasteiger partial charge is 0.315 e. The molecule has 0 saturated heterocycles. The number of fused-ring (bicyclic) bond motifs is 1. The normalized spacial score (nSPS) is 18.5. The van der Waals surface area contributed by atoms with Crippen LogP contribution in [0.15, 0.2) is 30.3 Å². The van der Waals surface area contributed by atoms with Gasteiger partial charge in [0.15, 0.2) is 0 Å². The molecule has 0 aliphatic heterocycles. The lowest BCUT2D eigenvalue weighted by molar-refractivity contribution is 0.0630. The molecule has 4 nitrogen and oxygen atoms in total. The number of carbonyl (C=O) groups excluding carboxylic acids is 1. The number of aliphatic hydroxyl groups is 1. The monoisotopic (exact) mass is 332 g/mol. The minimum absolute atomic E-state index is 0.182. The molecule has 124 valence electrons. The molecule has 1 fully saturated rings. The van der Waals surface area contributed by atoms with Crippen LogP contribution in [0.3, 0.4) is 0 Å². The van der Waals surface area contributed by atoms with Crippen LogP contribution in [-0.4, -0.2) is 23.7 Å². The Bertz CT molecular complexity index is 641. The summed E-state index contributed by atoms with van der Waals surface area (Å²) in [5.41, 5.74) is -1.06. The highest BCUT2D eigenvalue weighted by atomic mass is 32.1. The number of hydrogen-bond acceptors (Lipinski definition) is 3. The van der Waals surface area contributed by atoms with Crippen molar-refractivity contribution in [3.05, 3.63) is 35.2 Å². The lowest BCUT2D eigenvalue weighted by atomic mass is 9.96. The van der Waals surface area contributed by atoms with E-state index in [4.69, 9.17) is 0 Å². The quantitative estimate of drug-likeness (QED) is 0.799. The molecular weight excluding hydrogens is 308 g/mol. The molecule has 0 radical (unpaired) electrons. The van der Waals surface area contributed by atoms with Crippen LogP contribution in [0.5, 0.6) is 0 Å². The fourth-order valence-corrected chi connectivity index (χ4v) is 4.18. The molecule has 3 rings (SSSR count). The van der Waals surface area contributed by atoms with Crippen molar-refractivity contribution in [1.82, 2.24) is 10.6 Å². The Kier molecular flexibility index (Phi) is 4.87. The second-order valence-corrected chi connectivity index (χ2v) is 7.67. The number of hydrogen-bond donors (Lipinski definition) is 3. The lowest BCUT2D eigenvalue weighted by Crippen LogP contribution is -2.47. The van der Waals surface area contributed by atoms with Crippen molar-refractivity contribution in [1.29, 1.82) is 0 Å². The molecule has 1 heterocycles. The van der Waals surface area contributed by atoms with E-state index in [9.17, 15) is 9.90 Å². The molecule has 1 atom stereocenters. The molecule has 0 bridgehead atoms. The van der Waals surface area contributed by atoms with E-state index in [0.29, 0.717) is 0 Å². The number of nitrogens with one attached hydrogen (secondary N) is 2. The van der Waals surface area contributed by atoms with Crippen molar-refractivity contribution < 1.29 is 9.90 Å². The fraction of sp³-hybridized carbons (Fsp3) is 0.500. The van der Waals surface area contributed by atoms with Crippen molar-refractivity contribution in [3.8, 4) is 0 Å². The number of urea groups is 1. The molecule has 1 saturated carbocycles. The van der Waals surface area contributed by atoms with Crippen LogP contribution in [0.4, 0.5) is 4.79 Å². The van der Waals surface area contributed by atoms with Gasteiger partial charge in [-0.3, -0.25) is 0 Å². The van der Waals surface area contributed by atoms with E-state index in [-0.39, 0.29) is 18.6 Å². The Morgan fingerprint density at radius 3 is 2.78 bits per heavy atom. The van der Waals surface area contributed by atoms with E-state index in [2.05, 4.69) is 10.6 Å². The summed E-state index contributed by atoms with van der Waals surface area (Å²) in [7, 11) is 0. The number of carbonyl (C=O) groups is 1. The van der Waals surface area contributed by atoms with Gasteiger partial charge in [-0.1, -0.05) is 37.5 Å². The van der Waals surface area contributed by atoms with Gasteiger partial charge in [0.05, 0.1) is 6.54 Å². The van der Waals surface area contributed by atoms with Gasteiger partial charge in [-0.25, -0.2) is 4.79 Å². The number of rotatable bonds is 4. The summed E-state index contributed by atoms with van der Waals surface area (Å²) < 4.78 is 1.15. The summed E-state index contributed by atoms with van der Waals surface area (Å²) in [5, 5.41) is 17.7. The Morgan fingerprint density at radius 2 is 2.04 bits per heavy atom. The van der Waals surface area contributed by atoms with E-state index >= 15 is 0 Å². The highest BCUT2D eigenvalue weighted by Gasteiger charge is 2.26. The van der Waals surface area contributed by atoms with Crippen molar-refractivity contribution in [2.45, 2.75) is 50.7 Å². The second-order valence-electron chi connectivity index (χ2n) is 6.58. The molecule has 1 aromatic heterocycles. The van der Waals surface area contributed by atoms with Crippen molar-refractivity contribution in [3.63, 3.8) is 0 Å². The van der Waals surface area contributed by atoms with Gasteiger partial charge in [-0.2, -0.15) is 0 Å². The summed E-state index contributed by atoms with van der Waals surface area (Å²) in [6, 6.07) is 10.2. The Balaban J connectivity index is 1.58. The Morgan fingerprint density at radius 1 is 1.30 bits per heavy atom. The highest BCUT2D eigenvalue weighted by Crippen LogP contribution is 2.32. The van der Waals surface area contributed by atoms with Gasteiger partial charge in [0, 0.05) is 15.6 Å². The highest BCUT2D eigenvalue weighted by molar-refractivity contribution is 7.19. The summed E-state index contributed by atoms with van der Waals surface area (Å²) in [6.07, 6.45) is 5.75. The minimum atomic E-state index is -1.06. The Labute approximate surface area is 140 Å². The maximum atomic E-state index is 12.0. The first-order valence-corrected chi connectivity index (χ1v) is 9.12. The summed E-state index contributed by atoms with van der Waals surface area (Å²) >= 11 is 1.57. The largest absolute Gasteiger partial charge is 0.383 e. The molecule has 0 spiro atoms. The average molecular weight is 332 g/mol. The average Bonchev–Trinajstić information content (AvgIpc) is 2.99. The van der Waals surface area contributed by atoms with Gasteiger partial charge >= 0.3 is 6.03 Å². The first kappa shape index (κ1) is 16.3. The first-order chi connectivity index (χ1) is 11.0. The fourth-order valence-electron chi connectivity index (χ4n) is 3.07. The zero-order chi connectivity index (χ0) is 16.3. The molecule has 2 aromatic rings. The summed E-state index contributed by atoms with van der Waals surface area (Å²) in [6.45, 7) is 1.96. The van der Waals surface area contributed by atoms with Gasteiger partial charge in [0.25, 0.3) is 0 Å². The third-order valence-corrected chi connectivity index (χ3v) is 5.86. The maximum Gasteiger partial charge on any atom is 0.315 e. The van der Waals surface area contributed by atoms with Gasteiger partial charge in [0.2, 0.25) is 0 Å². The molecule has 1 aromatic carbocycles. The maximum absolute atomic E-state index is 12.0. The van der Waals surface area contributed by atoms with Crippen LogP contribution < -0.4 is 10.6 Å². The van der Waals surface area contributed by atoms with Crippen LogP contribution in [0, 0.1) is 0 Å². The SMILES string of the molecule is CC(O)(CNC(=O)NC1CCCCC1)c1cc2ccccc2s1. The van der Waals surface area contributed by atoms with E-state index in [0.717, 1.165) is 27.8 Å². The summed E-state index contributed by atoms with van der Waals surface area (Å²) in [4.78, 5) is 12.9. The number of benzene rings is 1. The zero-order valence-electron chi connectivity index (χ0n) is 13.5. The van der Waals surface area contributed by atoms with Crippen molar-refractivity contribution in [2.75, 3.05) is 6.54 Å². The van der Waals surface area contributed by atoms with Gasteiger partial charge in [0.1, 0.15) is 5.60 Å². The number of amides is 2. The molecule has 1 aliphatic carbocycles. The molecule has 1 unspecified atom stereocenters. The van der Waals surface area contributed by atoms with Crippen LogP contribution in [0.2, 0.25) is 0 Å². The molecule has 1 aliphatic rings. The predicted octanol–water partition coefficient (Wildman–Crippen LogP) is 3.74. The zero-order valence-corrected chi connectivity index (χ0v) is 14.3. The second kappa shape index (κ2) is 6.89. The van der Waals surface area contributed by atoms with E-state index in [1.54, 1.807) is 18.3 Å². The van der Waals surface area contributed by atoms with Crippen LogP contribution in [0.25, 0.3) is 10.1 Å². The number of thiophene rings is 1. The molecular formula is C18H24N2O2S. The lowest BCUT2D eigenvalue weighted by Gasteiger charge is -2.25. The summed E-state index contributed by atoms with van der Waals surface area (Å²) in [5.74, 6) is 0. The minimum Gasteiger partial charge on any atom is -0.383 e. The van der Waals surface area contributed by atoms with E-state index in [1.807, 2.05) is 30.3 Å². The van der Waals surface area contributed by atoms with Gasteiger partial charge < -0.3 is 15.7 Å². The standard InChI is InChI=1S/C18H24N2O2S/c1-18(22,16-11-13-7-5-6-10-15(13)23-16)12-19-17(21)20-14-8-3-2-4-9-14/h5-7,10-11,14,22H,2-4,8-9,12H2,1H3,(H2,19,20,21). The molecule has 23 heavy (non-hydrogen) atoms. The molecule has 2 amide bonds. The van der Waals surface area contributed by atoms with Crippen molar-refractivity contribution >= 4 is 27.5 Å². The van der Waals surface area contributed by atoms with E-state index < -0.39 is 5.60 Å². The topological polar surface area (TPSA) is 61.4 Å². The predicted molar refractivity (Wildman–Crippen MR) is 94.8 cm³/mol. The van der Waals surface area contributed by atoms with Gasteiger partial charge in [-0.15, -0.1) is 11.3 Å².